The fourth-order valence-electron chi connectivity index (χ4n) is 1.86. The highest BCUT2D eigenvalue weighted by molar-refractivity contribution is 7.20. The van der Waals surface area contributed by atoms with E-state index in [2.05, 4.69) is 15.6 Å². The fraction of sp³-hybridized carbons (Fsp3) is 0.385. The van der Waals surface area contributed by atoms with E-state index >= 15 is 0 Å². The molecule has 0 aliphatic heterocycles. The average Bonchev–Trinajstić information content (AvgIpc) is 2.75. The maximum absolute atomic E-state index is 12.6. The van der Waals surface area contributed by atoms with Crippen LogP contribution in [0.25, 0.3) is 10.2 Å². The Hall–Kier alpha value is -1.67. The lowest BCUT2D eigenvalue weighted by Gasteiger charge is -2.04. The molecule has 2 N–H and O–H groups in total. The van der Waals surface area contributed by atoms with E-state index < -0.39 is 11.9 Å². The number of carbonyl (C=O) groups excluding carboxylic acids is 1. The second-order valence-corrected chi connectivity index (χ2v) is 5.46. The number of likely N-dealkylation sites (N-methyl/N-ethyl adjacent to an activating group) is 1. The van der Waals surface area contributed by atoms with Crippen molar-refractivity contribution in [1.29, 1.82) is 0 Å². The van der Waals surface area contributed by atoms with E-state index in [0.717, 1.165) is 17.4 Å². The van der Waals surface area contributed by atoms with Crippen molar-refractivity contribution in [1.82, 2.24) is 15.6 Å². The Kier molecular flexibility index (Phi) is 4.48. The third kappa shape index (κ3) is 3.33. The van der Waals surface area contributed by atoms with Crippen LogP contribution in [-0.4, -0.2) is 31.0 Å². The number of nitrogens with zero attached hydrogens (tertiary/aromatic N) is 1. The summed E-state index contributed by atoms with van der Waals surface area (Å²) in [5.74, 6) is -0.292. The molecule has 0 aromatic carbocycles. The summed E-state index contributed by atoms with van der Waals surface area (Å²) in [6.07, 6.45) is -4.48. The molecular weight excluding hydrogens is 303 g/mol. The summed E-state index contributed by atoms with van der Waals surface area (Å²) in [7, 11) is 1.76. The summed E-state index contributed by atoms with van der Waals surface area (Å²) in [5, 5.41) is 6.17. The highest BCUT2D eigenvalue weighted by Crippen LogP contribution is 2.34. The van der Waals surface area contributed by atoms with Gasteiger partial charge in [-0.1, -0.05) is 0 Å². The lowest BCUT2D eigenvalue weighted by molar-refractivity contribution is -0.140. The first-order valence-corrected chi connectivity index (χ1v) is 7.06. The number of fused-ring (bicyclic) bond motifs is 1. The SMILES string of the molecule is CNCCNC(=O)c1sc2nc(C(F)(F)F)ccc2c1C. The van der Waals surface area contributed by atoms with Gasteiger partial charge in [-0.15, -0.1) is 11.3 Å². The van der Waals surface area contributed by atoms with Gasteiger partial charge in [-0.3, -0.25) is 4.79 Å². The highest BCUT2D eigenvalue weighted by Gasteiger charge is 2.33. The summed E-state index contributed by atoms with van der Waals surface area (Å²) < 4.78 is 37.9. The van der Waals surface area contributed by atoms with Crippen LogP contribution < -0.4 is 10.6 Å². The number of alkyl halides is 3. The number of pyridine rings is 1. The van der Waals surface area contributed by atoms with Crippen LogP contribution in [0.2, 0.25) is 0 Å². The zero-order valence-electron chi connectivity index (χ0n) is 11.5. The van der Waals surface area contributed by atoms with Gasteiger partial charge < -0.3 is 10.6 Å². The molecule has 4 nitrogen and oxygen atoms in total. The van der Waals surface area contributed by atoms with Crippen molar-refractivity contribution < 1.29 is 18.0 Å². The predicted octanol–water partition coefficient (Wildman–Crippen LogP) is 2.57. The molecule has 0 fully saturated rings. The van der Waals surface area contributed by atoms with Gasteiger partial charge in [-0.25, -0.2) is 4.98 Å². The Bertz CT molecular complexity index is 666. The molecule has 2 heterocycles. The largest absolute Gasteiger partial charge is 0.433 e. The van der Waals surface area contributed by atoms with Gasteiger partial charge >= 0.3 is 6.18 Å². The van der Waals surface area contributed by atoms with Gasteiger partial charge in [0.15, 0.2) is 0 Å². The minimum Gasteiger partial charge on any atom is -0.350 e. The van der Waals surface area contributed by atoms with Crippen molar-refractivity contribution in [3.05, 3.63) is 28.3 Å². The minimum absolute atomic E-state index is 0.223. The van der Waals surface area contributed by atoms with Gasteiger partial charge in [0.05, 0.1) is 4.88 Å². The quantitative estimate of drug-likeness (QED) is 0.852. The van der Waals surface area contributed by atoms with E-state index in [0.29, 0.717) is 28.9 Å². The number of hydrogen-bond acceptors (Lipinski definition) is 4. The first-order chi connectivity index (χ1) is 9.84. The Labute approximate surface area is 123 Å². The lowest BCUT2D eigenvalue weighted by Crippen LogP contribution is -2.30. The van der Waals surface area contributed by atoms with Crippen LogP contribution in [0.3, 0.4) is 0 Å². The van der Waals surface area contributed by atoms with E-state index in [4.69, 9.17) is 0 Å². The van der Waals surface area contributed by atoms with Crippen LogP contribution in [-0.2, 0) is 6.18 Å². The van der Waals surface area contributed by atoms with Crippen molar-refractivity contribution in [2.24, 2.45) is 0 Å². The second kappa shape index (κ2) is 5.98. The predicted molar refractivity (Wildman–Crippen MR) is 75.6 cm³/mol. The molecule has 0 saturated heterocycles. The number of halogens is 3. The van der Waals surface area contributed by atoms with Gasteiger partial charge in [0.25, 0.3) is 5.91 Å². The number of nitrogens with one attached hydrogen (secondary N) is 2. The molecule has 8 heteroatoms. The Morgan fingerprint density at radius 3 is 2.67 bits per heavy atom. The summed E-state index contributed by atoms with van der Waals surface area (Å²) in [5.41, 5.74) is -0.295. The zero-order valence-corrected chi connectivity index (χ0v) is 12.3. The zero-order chi connectivity index (χ0) is 15.6. The van der Waals surface area contributed by atoms with Gasteiger partial charge in [0.2, 0.25) is 0 Å². The molecular formula is C13H14F3N3OS. The summed E-state index contributed by atoms with van der Waals surface area (Å²) in [6, 6.07) is 2.30. The molecule has 0 aliphatic carbocycles. The molecule has 0 bridgehead atoms. The Morgan fingerprint density at radius 1 is 1.33 bits per heavy atom. The van der Waals surface area contributed by atoms with Crippen LogP contribution in [0.4, 0.5) is 13.2 Å². The maximum atomic E-state index is 12.6. The van der Waals surface area contributed by atoms with E-state index in [1.165, 1.54) is 6.07 Å². The monoisotopic (exact) mass is 317 g/mol. The molecule has 0 atom stereocenters. The standard InChI is InChI=1S/C13H14F3N3OS/c1-7-8-3-4-9(13(14,15)16)19-12(8)21-10(7)11(20)18-6-5-17-2/h3-4,17H,5-6H2,1-2H3,(H,18,20). The van der Waals surface area contributed by atoms with Gasteiger partial charge in [0, 0.05) is 18.5 Å². The molecule has 2 aromatic rings. The number of thiophene rings is 1. The van der Waals surface area contributed by atoms with E-state index in [-0.39, 0.29) is 10.7 Å². The number of aryl methyl sites for hydroxylation is 1. The Balaban J connectivity index is 2.34. The van der Waals surface area contributed by atoms with Crippen LogP contribution in [0, 0.1) is 6.92 Å². The molecule has 21 heavy (non-hydrogen) atoms. The summed E-state index contributed by atoms with van der Waals surface area (Å²) in [4.78, 5) is 16.2. The van der Waals surface area contributed by atoms with E-state index in [9.17, 15) is 18.0 Å². The topological polar surface area (TPSA) is 54.0 Å². The molecule has 0 spiro atoms. The number of hydrogen-bond donors (Lipinski definition) is 2. The van der Waals surface area contributed by atoms with Gasteiger partial charge in [-0.05, 0) is 31.7 Å². The average molecular weight is 317 g/mol. The third-order valence-electron chi connectivity index (χ3n) is 2.96. The molecule has 0 unspecified atom stereocenters. The molecule has 114 valence electrons. The van der Waals surface area contributed by atoms with Crippen molar-refractivity contribution in [3.8, 4) is 0 Å². The van der Waals surface area contributed by atoms with Crippen LogP contribution in [0.5, 0.6) is 0 Å². The molecule has 0 aliphatic rings. The number of rotatable bonds is 4. The van der Waals surface area contributed by atoms with Gasteiger partial charge in [0.1, 0.15) is 10.5 Å². The van der Waals surface area contributed by atoms with Crippen LogP contribution >= 0.6 is 11.3 Å². The molecule has 0 saturated carbocycles. The number of aromatic nitrogens is 1. The first-order valence-electron chi connectivity index (χ1n) is 6.24. The van der Waals surface area contributed by atoms with Crippen LogP contribution in [0.1, 0.15) is 20.9 Å². The number of carbonyl (C=O) groups is 1. The second-order valence-electron chi connectivity index (χ2n) is 4.46. The minimum atomic E-state index is -4.48. The summed E-state index contributed by atoms with van der Waals surface area (Å²) >= 11 is 0.977. The molecule has 2 aromatic heterocycles. The van der Waals surface area contributed by atoms with Gasteiger partial charge in [-0.2, -0.15) is 13.2 Å². The van der Waals surface area contributed by atoms with E-state index in [1.54, 1.807) is 14.0 Å². The smallest absolute Gasteiger partial charge is 0.350 e. The van der Waals surface area contributed by atoms with Crippen molar-refractivity contribution in [3.63, 3.8) is 0 Å². The van der Waals surface area contributed by atoms with Crippen molar-refractivity contribution >= 4 is 27.5 Å². The number of amides is 1. The molecule has 1 amide bonds. The highest BCUT2D eigenvalue weighted by atomic mass is 32.1. The fourth-order valence-corrected chi connectivity index (χ4v) is 2.95. The van der Waals surface area contributed by atoms with E-state index in [1.807, 2.05) is 0 Å². The third-order valence-corrected chi connectivity index (χ3v) is 4.16. The molecule has 2 rings (SSSR count). The maximum Gasteiger partial charge on any atom is 0.433 e. The normalized spacial score (nSPS) is 11.9. The molecule has 0 radical (unpaired) electrons. The lowest BCUT2D eigenvalue weighted by atomic mass is 10.2. The first kappa shape index (κ1) is 15.7. The van der Waals surface area contributed by atoms with Crippen molar-refractivity contribution in [2.75, 3.05) is 20.1 Å². The van der Waals surface area contributed by atoms with Crippen molar-refractivity contribution in [2.45, 2.75) is 13.1 Å². The Morgan fingerprint density at radius 2 is 2.05 bits per heavy atom. The van der Waals surface area contributed by atoms with Crippen LogP contribution in [0.15, 0.2) is 12.1 Å². The summed E-state index contributed by atoms with van der Waals surface area (Å²) in [6.45, 7) is 2.77.